The molecule has 3 aromatic rings. The van der Waals surface area contributed by atoms with Gasteiger partial charge in [-0.1, -0.05) is 35.9 Å². The van der Waals surface area contributed by atoms with E-state index in [1.54, 1.807) is 36.4 Å². The number of nitrogens with one attached hydrogen (secondary N) is 3. The number of carbonyl (C=O) groups is 2. The minimum Gasteiger partial charge on any atom is -0.348 e. The summed E-state index contributed by atoms with van der Waals surface area (Å²) in [6.07, 6.45) is -4.63. The summed E-state index contributed by atoms with van der Waals surface area (Å²) in [5, 5.41) is 7.27. The molecule has 0 saturated carbocycles. The zero-order chi connectivity index (χ0) is 22.2. The second-order valence-corrected chi connectivity index (χ2v) is 7.27. The Kier molecular flexibility index (Phi) is 5.32. The number of fused-ring (bicyclic) bond motifs is 1. The molecule has 158 valence electrons. The van der Waals surface area contributed by atoms with Crippen LogP contribution in [0.25, 0.3) is 11.1 Å². The molecule has 3 amide bonds. The highest BCUT2D eigenvalue weighted by molar-refractivity contribution is 6.31. The summed E-state index contributed by atoms with van der Waals surface area (Å²) in [5.41, 5.74) is 2.71. The van der Waals surface area contributed by atoms with Crippen LogP contribution in [0.2, 0.25) is 5.02 Å². The number of benzene rings is 3. The number of halogens is 4. The third-order valence-electron chi connectivity index (χ3n) is 4.83. The molecule has 0 unspecified atom stereocenters. The third-order valence-corrected chi connectivity index (χ3v) is 5.16. The van der Waals surface area contributed by atoms with Gasteiger partial charge in [0.1, 0.15) is 0 Å². The molecular weight excluding hydrogens is 431 g/mol. The SMILES string of the molecule is O=C(Nc1ccc(-c2cccc3c2CNC3=O)cc1)Nc1ccc(Cl)c(C(F)(F)F)c1. The Hall–Kier alpha value is -3.52. The van der Waals surface area contributed by atoms with Crippen molar-refractivity contribution in [2.45, 2.75) is 12.7 Å². The highest BCUT2D eigenvalue weighted by atomic mass is 35.5. The molecule has 3 N–H and O–H groups in total. The Morgan fingerprint density at radius 1 is 0.935 bits per heavy atom. The van der Waals surface area contributed by atoms with Crippen LogP contribution in [-0.2, 0) is 12.7 Å². The van der Waals surface area contributed by atoms with Crippen LogP contribution in [0.15, 0.2) is 60.7 Å². The molecule has 0 bridgehead atoms. The Labute approximate surface area is 180 Å². The molecule has 5 nitrogen and oxygen atoms in total. The maximum absolute atomic E-state index is 13.0. The first-order valence-corrected chi connectivity index (χ1v) is 9.55. The van der Waals surface area contributed by atoms with Gasteiger partial charge in [0.2, 0.25) is 0 Å². The van der Waals surface area contributed by atoms with Crippen molar-refractivity contribution in [3.8, 4) is 11.1 Å². The first kappa shape index (κ1) is 20.7. The summed E-state index contributed by atoms with van der Waals surface area (Å²) in [6, 6.07) is 14.8. The van der Waals surface area contributed by atoms with Crippen LogP contribution < -0.4 is 16.0 Å². The number of urea groups is 1. The molecule has 0 fully saturated rings. The van der Waals surface area contributed by atoms with Crippen LogP contribution in [0.4, 0.5) is 29.3 Å². The maximum atomic E-state index is 13.0. The standard InChI is InChI=1S/C22H15ClF3N3O2/c23-19-9-8-14(10-18(19)22(24,25)26)29-21(31)28-13-6-4-12(5-7-13)15-2-1-3-16-17(15)11-27-20(16)30/h1-10H,11H2,(H,27,30)(H2,28,29,31). The minimum absolute atomic E-state index is 0.0390. The Bertz CT molecular complexity index is 1180. The lowest BCUT2D eigenvalue weighted by molar-refractivity contribution is -0.137. The zero-order valence-electron chi connectivity index (χ0n) is 15.8. The summed E-state index contributed by atoms with van der Waals surface area (Å²) >= 11 is 5.58. The Morgan fingerprint density at radius 2 is 1.58 bits per heavy atom. The van der Waals surface area contributed by atoms with Crippen molar-refractivity contribution in [2.24, 2.45) is 0 Å². The summed E-state index contributed by atoms with van der Waals surface area (Å²) in [4.78, 5) is 24.0. The molecule has 0 radical (unpaired) electrons. The van der Waals surface area contributed by atoms with Gasteiger partial charge in [-0.15, -0.1) is 0 Å². The molecule has 0 saturated heterocycles. The number of alkyl halides is 3. The van der Waals surface area contributed by atoms with Gasteiger partial charge in [-0.05, 0) is 53.1 Å². The van der Waals surface area contributed by atoms with Crippen molar-refractivity contribution in [2.75, 3.05) is 10.6 Å². The van der Waals surface area contributed by atoms with Crippen molar-refractivity contribution < 1.29 is 22.8 Å². The first-order valence-electron chi connectivity index (χ1n) is 9.17. The lowest BCUT2D eigenvalue weighted by atomic mass is 9.97. The van der Waals surface area contributed by atoms with Gasteiger partial charge >= 0.3 is 12.2 Å². The summed E-state index contributed by atoms with van der Waals surface area (Å²) < 4.78 is 38.9. The van der Waals surface area contributed by atoms with E-state index in [1.807, 2.05) is 6.07 Å². The van der Waals surface area contributed by atoms with E-state index in [0.29, 0.717) is 17.8 Å². The van der Waals surface area contributed by atoms with Gasteiger partial charge in [-0.3, -0.25) is 4.79 Å². The van der Waals surface area contributed by atoms with E-state index >= 15 is 0 Å². The zero-order valence-corrected chi connectivity index (χ0v) is 16.6. The van der Waals surface area contributed by atoms with Gasteiger partial charge < -0.3 is 16.0 Å². The summed E-state index contributed by atoms with van der Waals surface area (Å²) in [6.45, 7) is 0.452. The Morgan fingerprint density at radius 3 is 2.29 bits per heavy atom. The highest BCUT2D eigenvalue weighted by Gasteiger charge is 2.33. The molecule has 1 aliphatic rings. The van der Waals surface area contributed by atoms with E-state index in [2.05, 4.69) is 16.0 Å². The highest BCUT2D eigenvalue weighted by Crippen LogP contribution is 2.36. The van der Waals surface area contributed by atoms with Gasteiger partial charge in [0.15, 0.2) is 0 Å². The molecular formula is C22H15ClF3N3O2. The van der Waals surface area contributed by atoms with Crippen LogP contribution in [0.5, 0.6) is 0 Å². The third kappa shape index (κ3) is 4.34. The van der Waals surface area contributed by atoms with Gasteiger partial charge in [0.25, 0.3) is 5.91 Å². The second-order valence-electron chi connectivity index (χ2n) is 6.86. The van der Waals surface area contributed by atoms with Crippen LogP contribution in [0.1, 0.15) is 21.5 Å². The number of rotatable bonds is 3. The molecule has 3 aromatic carbocycles. The van der Waals surface area contributed by atoms with Crippen LogP contribution >= 0.6 is 11.6 Å². The molecule has 1 heterocycles. The predicted octanol–water partition coefficient (Wildman–Crippen LogP) is 5.91. The fourth-order valence-corrected chi connectivity index (χ4v) is 3.60. The van der Waals surface area contributed by atoms with Crippen molar-refractivity contribution in [1.29, 1.82) is 0 Å². The number of carbonyl (C=O) groups excluding carboxylic acids is 2. The number of hydrogen-bond donors (Lipinski definition) is 3. The lowest BCUT2D eigenvalue weighted by Crippen LogP contribution is -2.19. The van der Waals surface area contributed by atoms with E-state index < -0.39 is 22.8 Å². The van der Waals surface area contributed by atoms with Gasteiger partial charge in [-0.2, -0.15) is 13.2 Å². The van der Waals surface area contributed by atoms with E-state index in [9.17, 15) is 22.8 Å². The summed E-state index contributed by atoms with van der Waals surface area (Å²) in [5.74, 6) is -0.109. The average molecular weight is 446 g/mol. The van der Waals surface area contributed by atoms with Crippen LogP contribution in [0.3, 0.4) is 0 Å². The molecule has 0 atom stereocenters. The van der Waals surface area contributed by atoms with Crippen molar-refractivity contribution >= 4 is 34.9 Å². The van der Waals surface area contributed by atoms with E-state index in [0.717, 1.165) is 28.8 Å². The quantitative estimate of drug-likeness (QED) is 0.469. The van der Waals surface area contributed by atoms with E-state index in [4.69, 9.17) is 11.6 Å². The number of hydrogen-bond acceptors (Lipinski definition) is 2. The molecule has 31 heavy (non-hydrogen) atoms. The van der Waals surface area contributed by atoms with Crippen molar-refractivity contribution in [1.82, 2.24) is 5.32 Å². The molecule has 0 aliphatic carbocycles. The monoisotopic (exact) mass is 445 g/mol. The van der Waals surface area contributed by atoms with E-state index in [-0.39, 0.29) is 11.6 Å². The normalized spacial score (nSPS) is 12.8. The second kappa shape index (κ2) is 7.96. The van der Waals surface area contributed by atoms with Gasteiger partial charge in [0.05, 0.1) is 10.6 Å². The van der Waals surface area contributed by atoms with Gasteiger partial charge in [0, 0.05) is 23.5 Å². The number of anilines is 2. The number of amides is 3. The lowest BCUT2D eigenvalue weighted by Gasteiger charge is -2.13. The maximum Gasteiger partial charge on any atom is 0.417 e. The molecule has 0 aromatic heterocycles. The van der Waals surface area contributed by atoms with Gasteiger partial charge in [-0.25, -0.2) is 4.79 Å². The fourth-order valence-electron chi connectivity index (χ4n) is 3.37. The largest absolute Gasteiger partial charge is 0.417 e. The topological polar surface area (TPSA) is 70.2 Å². The molecule has 1 aliphatic heterocycles. The molecule has 0 spiro atoms. The average Bonchev–Trinajstić information content (AvgIpc) is 3.10. The van der Waals surface area contributed by atoms with Crippen LogP contribution in [0, 0.1) is 0 Å². The fraction of sp³-hybridized carbons (Fsp3) is 0.0909. The van der Waals surface area contributed by atoms with E-state index in [1.165, 1.54) is 6.07 Å². The molecule has 9 heteroatoms. The summed E-state index contributed by atoms with van der Waals surface area (Å²) in [7, 11) is 0. The van der Waals surface area contributed by atoms with Crippen molar-refractivity contribution in [3.05, 3.63) is 82.4 Å². The van der Waals surface area contributed by atoms with Crippen LogP contribution in [-0.4, -0.2) is 11.9 Å². The predicted molar refractivity (Wildman–Crippen MR) is 112 cm³/mol. The first-order chi connectivity index (χ1) is 14.7. The minimum atomic E-state index is -4.63. The van der Waals surface area contributed by atoms with Crippen molar-refractivity contribution in [3.63, 3.8) is 0 Å². The smallest absolute Gasteiger partial charge is 0.348 e. The molecule has 4 rings (SSSR count). The Balaban J connectivity index is 1.47.